The molecule has 1 aromatic heterocycles. The molecule has 0 aliphatic heterocycles. The molecule has 0 radical (unpaired) electrons. The van der Waals surface area contributed by atoms with Crippen molar-refractivity contribution in [3.05, 3.63) is 71.9 Å². The van der Waals surface area contributed by atoms with Crippen LogP contribution in [0.3, 0.4) is 0 Å². The first-order valence-corrected chi connectivity index (χ1v) is 6.75. The lowest BCUT2D eigenvalue weighted by atomic mass is 10.1. The van der Waals surface area contributed by atoms with Crippen molar-refractivity contribution in [1.29, 1.82) is 0 Å². The molecule has 0 saturated carbocycles. The standard InChI is InChI=1S/C17H12N2O4/c20-16(21)12-8-4-5-9-14(12)19-15(10-13(18-19)17(22)23)11-6-2-1-3-7-11/h1-10H,(H,20,21)(H,22,23)/p-2. The summed E-state index contributed by atoms with van der Waals surface area (Å²) in [6, 6.07) is 16.4. The SMILES string of the molecule is O=C([O-])c1cc(-c2ccccc2)n(-c2ccccc2C(=O)[O-])n1. The number of aromatic carboxylic acids is 2. The molecule has 0 aliphatic carbocycles. The van der Waals surface area contributed by atoms with Crippen molar-refractivity contribution in [3.63, 3.8) is 0 Å². The molecule has 114 valence electrons. The Morgan fingerprint density at radius 3 is 2.17 bits per heavy atom. The molecule has 3 aromatic rings. The smallest absolute Gasteiger partial charge is 0.109 e. The molecule has 0 N–H and O–H groups in total. The largest absolute Gasteiger partial charge is 0.545 e. The number of nitrogens with zero attached hydrogens (tertiary/aromatic N) is 2. The van der Waals surface area contributed by atoms with Crippen LogP contribution in [0.4, 0.5) is 0 Å². The second kappa shape index (κ2) is 5.76. The first-order chi connectivity index (χ1) is 11.1. The second-order valence-corrected chi connectivity index (χ2v) is 4.78. The molecular weight excluding hydrogens is 296 g/mol. The fourth-order valence-corrected chi connectivity index (χ4v) is 2.31. The molecule has 0 unspecified atom stereocenters. The number of rotatable bonds is 4. The van der Waals surface area contributed by atoms with E-state index in [4.69, 9.17) is 0 Å². The number of carbonyl (C=O) groups excluding carboxylic acids is 2. The number of benzene rings is 2. The van der Waals surface area contributed by atoms with Gasteiger partial charge in [0.05, 0.1) is 23.3 Å². The summed E-state index contributed by atoms with van der Waals surface area (Å²) >= 11 is 0. The third kappa shape index (κ3) is 2.69. The van der Waals surface area contributed by atoms with Gasteiger partial charge in [0, 0.05) is 11.1 Å². The van der Waals surface area contributed by atoms with Crippen molar-refractivity contribution in [3.8, 4) is 16.9 Å². The van der Waals surface area contributed by atoms with Crippen molar-refractivity contribution in [1.82, 2.24) is 9.78 Å². The van der Waals surface area contributed by atoms with E-state index in [1.807, 2.05) is 6.07 Å². The van der Waals surface area contributed by atoms with E-state index in [0.717, 1.165) is 0 Å². The molecule has 6 heteroatoms. The number of aromatic nitrogens is 2. The highest BCUT2D eigenvalue weighted by molar-refractivity contribution is 5.91. The first-order valence-electron chi connectivity index (χ1n) is 6.75. The quantitative estimate of drug-likeness (QED) is 0.689. The van der Waals surface area contributed by atoms with Gasteiger partial charge in [-0.3, -0.25) is 0 Å². The summed E-state index contributed by atoms with van der Waals surface area (Å²) in [6.45, 7) is 0. The van der Waals surface area contributed by atoms with Crippen LogP contribution in [0.1, 0.15) is 20.8 Å². The molecule has 0 fully saturated rings. The van der Waals surface area contributed by atoms with Crippen LogP contribution < -0.4 is 10.2 Å². The number of hydrogen-bond acceptors (Lipinski definition) is 5. The van der Waals surface area contributed by atoms with Crippen LogP contribution >= 0.6 is 0 Å². The normalized spacial score (nSPS) is 10.4. The zero-order valence-corrected chi connectivity index (χ0v) is 11.8. The van der Waals surface area contributed by atoms with Gasteiger partial charge in [-0.2, -0.15) is 5.10 Å². The summed E-state index contributed by atoms with van der Waals surface area (Å²) in [5.74, 6) is -2.81. The topological polar surface area (TPSA) is 98.1 Å². The lowest BCUT2D eigenvalue weighted by Gasteiger charge is -2.13. The maximum absolute atomic E-state index is 11.3. The Kier molecular flexibility index (Phi) is 3.64. The minimum atomic E-state index is -1.44. The maximum atomic E-state index is 11.3. The summed E-state index contributed by atoms with van der Waals surface area (Å²) in [5.41, 5.74) is 0.993. The average Bonchev–Trinajstić information content (AvgIpc) is 3.01. The monoisotopic (exact) mass is 306 g/mol. The Hall–Kier alpha value is -3.41. The molecule has 0 atom stereocenters. The van der Waals surface area contributed by atoms with Gasteiger partial charge >= 0.3 is 0 Å². The zero-order chi connectivity index (χ0) is 16.4. The lowest BCUT2D eigenvalue weighted by molar-refractivity contribution is -0.256. The predicted molar refractivity (Wildman–Crippen MR) is 77.7 cm³/mol. The summed E-state index contributed by atoms with van der Waals surface area (Å²) in [4.78, 5) is 22.4. The molecule has 3 rings (SSSR count). The van der Waals surface area contributed by atoms with Crippen molar-refractivity contribution >= 4 is 11.9 Å². The van der Waals surface area contributed by atoms with Gasteiger partial charge in [-0.05, 0) is 12.1 Å². The average molecular weight is 306 g/mol. The highest BCUT2D eigenvalue weighted by Gasteiger charge is 2.15. The van der Waals surface area contributed by atoms with E-state index >= 15 is 0 Å². The number of para-hydroxylation sites is 1. The number of carbonyl (C=O) groups is 2. The van der Waals surface area contributed by atoms with Crippen LogP contribution in [0.2, 0.25) is 0 Å². The van der Waals surface area contributed by atoms with Crippen LogP contribution in [-0.4, -0.2) is 21.7 Å². The first kappa shape index (κ1) is 14.5. The van der Waals surface area contributed by atoms with Crippen LogP contribution in [0, 0.1) is 0 Å². The van der Waals surface area contributed by atoms with Crippen LogP contribution in [0.15, 0.2) is 60.7 Å². The molecule has 1 heterocycles. The molecule has 0 spiro atoms. The van der Waals surface area contributed by atoms with Gasteiger partial charge < -0.3 is 19.8 Å². The van der Waals surface area contributed by atoms with Crippen molar-refractivity contribution in [2.24, 2.45) is 0 Å². The van der Waals surface area contributed by atoms with Crippen LogP contribution in [0.25, 0.3) is 16.9 Å². The third-order valence-corrected chi connectivity index (χ3v) is 3.34. The minimum Gasteiger partial charge on any atom is -0.545 e. The Morgan fingerprint density at radius 2 is 1.52 bits per heavy atom. The minimum absolute atomic E-state index is 0.0855. The number of carboxylic acids is 2. The Bertz CT molecular complexity index is 885. The summed E-state index contributed by atoms with van der Waals surface area (Å²) < 4.78 is 1.27. The van der Waals surface area contributed by atoms with E-state index in [2.05, 4.69) is 5.10 Å². The van der Waals surface area contributed by atoms with Crippen LogP contribution in [-0.2, 0) is 0 Å². The van der Waals surface area contributed by atoms with Gasteiger partial charge in [0.1, 0.15) is 5.69 Å². The molecule has 6 nitrogen and oxygen atoms in total. The van der Waals surface area contributed by atoms with Gasteiger partial charge in [-0.15, -0.1) is 0 Å². The van der Waals surface area contributed by atoms with E-state index in [9.17, 15) is 19.8 Å². The Balaban J connectivity index is 2.27. The van der Waals surface area contributed by atoms with E-state index in [1.54, 1.807) is 36.4 Å². The second-order valence-electron chi connectivity index (χ2n) is 4.78. The summed E-state index contributed by atoms with van der Waals surface area (Å²) in [5, 5.41) is 26.4. The molecule has 0 aliphatic rings. The molecule has 0 bridgehead atoms. The highest BCUT2D eigenvalue weighted by Crippen LogP contribution is 2.25. The van der Waals surface area contributed by atoms with Crippen molar-refractivity contribution in [2.45, 2.75) is 0 Å². The predicted octanol–water partition coefficient (Wildman–Crippen LogP) is 0.266. The molecule has 0 amide bonds. The van der Waals surface area contributed by atoms with E-state index < -0.39 is 11.9 Å². The highest BCUT2D eigenvalue weighted by atomic mass is 16.4. The van der Waals surface area contributed by atoms with Gasteiger partial charge in [0.25, 0.3) is 0 Å². The van der Waals surface area contributed by atoms with Gasteiger partial charge in [0.2, 0.25) is 0 Å². The summed E-state index contributed by atoms with van der Waals surface area (Å²) in [7, 11) is 0. The third-order valence-electron chi connectivity index (χ3n) is 3.34. The number of hydrogen-bond donors (Lipinski definition) is 0. The molecule has 2 aromatic carbocycles. The number of carboxylic acid groups (broad SMARTS) is 2. The van der Waals surface area contributed by atoms with Crippen molar-refractivity contribution < 1.29 is 19.8 Å². The van der Waals surface area contributed by atoms with E-state index in [1.165, 1.54) is 22.9 Å². The van der Waals surface area contributed by atoms with Gasteiger partial charge in [-0.1, -0.05) is 48.5 Å². The van der Waals surface area contributed by atoms with Gasteiger partial charge in [0.15, 0.2) is 0 Å². The molecule has 0 saturated heterocycles. The van der Waals surface area contributed by atoms with Crippen LogP contribution in [0.5, 0.6) is 0 Å². The summed E-state index contributed by atoms with van der Waals surface area (Å²) in [6.07, 6.45) is 0. The fourth-order valence-electron chi connectivity index (χ4n) is 2.31. The maximum Gasteiger partial charge on any atom is 0.109 e. The Morgan fingerprint density at radius 1 is 0.870 bits per heavy atom. The van der Waals surface area contributed by atoms with Gasteiger partial charge in [-0.25, -0.2) is 4.68 Å². The molecular formula is C17H10N2O4-2. The fraction of sp³-hybridized carbons (Fsp3) is 0. The zero-order valence-electron chi connectivity index (χ0n) is 11.8. The Labute approximate surface area is 131 Å². The van der Waals surface area contributed by atoms with E-state index in [0.29, 0.717) is 11.3 Å². The van der Waals surface area contributed by atoms with Crippen molar-refractivity contribution in [2.75, 3.05) is 0 Å². The molecule has 23 heavy (non-hydrogen) atoms. The lowest BCUT2D eigenvalue weighted by Crippen LogP contribution is -2.25. The van der Waals surface area contributed by atoms with E-state index in [-0.39, 0.29) is 16.9 Å².